The number of ether oxygens (including phenoxy) is 3. The van der Waals surface area contributed by atoms with Crippen molar-refractivity contribution in [1.29, 1.82) is 0 Å². The normalized spacial score (nSPS) is 10.3. The summed E-state index contributed by atoms with van der Waals surface area (Å²) < 4.78 is 31.6. The zero-order valence-corrected chi connectivity index (χ0v) is 16.3. The Kier molecular flexibility index (Phi) is 6.17. The Bertz CT molecular complexity index is 960. The molecule has 0 aliphatic rings. The molecule has 8 heteroatoms. The van der Waals surface area contributed by atoms with Crippen LogP contribution in [0.5, 0.6) is 17.2 Å². The number of aromatic nitrogens is 2. The molecular weight excluding hydrogens is 373 g/mol. The van der Waals surface area contributed by atoms with Crippen LogP contribution in [-0.2, 0) is 7.05 Å². The molecule has 0 saturated carbocycles. The van der Waals surface area contributed by atoms with E-state index < -0.39 is 5.82 Å². The highest BCUT2D eigenvalue weighted by atomic mass is 35.5. The van der Waals surface area contributed by atoms with E-state index in [-0.39, 0.29) is 18.2 Å². The van der Waals surface area contributed by atoms with Crippen molar-refractivity contribution in [2.75, 3.05) is 27.1 Å². The molecule has 2 aromatic carbocycles. The molecule has 2 N–H and O–H groups in total. The Morgan fingerprint density at radius 3 is 2.26 bits per heavy atom. The van der Waals surface area contributed by atoms with E-state index in [0.717, 1.165) is 11.3 Å². The number of rotatable bonds is 5. The van der Waals surface area contributed by atoms with Gasteiger partial charge in [0, 0.05) is 18.2 Å². The molecule has 6 nitrogen and oxygen atoms in total. The summed E-state index contributed by atoms with van der Waals surface area (Å²) in [7, 11) is 6.34. The van der Waals surface area contributed by atoms with Gasteiger partial charge in [-0.2, -0.15) is 0 Å². The van der Waals surface area contributed by atoms with Gasteiger partial charge in [-0.25, -0.2) is 9.37 Å². The topological polar surface area (TPSA) is 71.5 Å². The molecule has 0 atom stereocenters. The van der Waals surface area contributed by atoms with Crippen LogP contribution in [0.3, 0.4) is 0 Å². The Morgan fingerprint density at radius 2 is 1.67 bits per heavy atom. The third-order valence-corrected chi connectivity index (χ3v) is 4.14. The maximum atomic E-state index is 14.2. The molecule has 0 saturated heterocycles. The monoisotopic (exact) mass is 393 g/mol. The molecule has 0 spiro atoms. The van der Waals surface area contributed by atoms with Crippen LogP contribution in [0.15, 0.2) is 36.7 Å². The first-order chi connectivity index (χ1) is 12.5. The van der Waals surface area contributed by atoms with Crippen LogP contribution >= 0.6 is 12.4 Å². The van der Waals surface area contributed by atoms with Crippen LogP contribution < -0.4 is 19.9 Å². The molecule has 0 radical (unpaired) electrons. The fourth-order valence-electron chi connectivity index (χ4n) is 2.93. The minimum Gasteiger partial charge on any atom is -0.494 e. The lowest BCUT2D eigenvalue weighted by Crippen LogP contribution is -1.98. The van der Waals surface area contributed by atoms with E-state index in [0.29, 0.717) is 28.4 Å². The molecule has 0 fully saturated rings. The summed E-state index contributed by atoms with van der Waals surface area (Å²) in [6, 6.07) is 8.34. The van der Waals surface area contributed by atoms with Gasteiger partial charge in [-0.15, -0.1) is 12.4 Å². The van der Waals surface area contributed by atoms with E-state index in [1.807, 2.05) is 11.6 Å². The number of nitrogens with zero attached hydrogens (tertiary/aromatic N) is 2. The molecule has 0 bridgehead atoms. The van der Waals surface area contributed by atoms with Crippen molar-refractivity contribution in [2.24, 2.45) is 7.05 Å². The second kappa shape index (κ2) is 8.18. The summed E-state index contributed by atoms with van der Waals surface area (Å²) >= 11 is 0. The summed E-state index contributed by atoms with van der Waals surface area (Å²) in [5.41, 5.74) is 9.34. The third kappa shape index (κ3) is 3.64. The number of anilines is 1. The first kappa shape index (κ1) is 20.4. The van der Waals surface area contributed by atoms with Crippen molar-refractivity contribution < 1.29 is 18.6 Å². The van der Waals surface area contributed by atoms with E-state index in [2.05, 4.69) is 4.98 Å². The number of aryl methyl sites for hydroxylation is 1. The van der Waals surface area contributed by atoms with Crippen molar-refractivity contribution in [2.45, 2.75) is 0 Å². The third-order valence-electron chi connectivity index (χ3n) is 4.14. The zero-order chi connectivity index (χ0) is 18.8. The lowest BCUT2D eigenvalue weighted by atomic mass is 10.0. The lowest BCUT2D eigenvalue weighted by molar-refractivity contribution is 0.356. The summed E-state index contributed by atoms with van der Waals surface area (Å²) in [4.78, 5) is 4.46. The molecule has 0 amide bonds. The first-order valence-corrected chi connectivity index (χ1v) is 7.87. The van der Waals surface area contributed by atoms with Gasteiger partial charge in [0.25, 0.3) is 0 Å². The summed E-state index contributed by atoms with van der Waals surface area (Å²) in [6.45, 7) is 0. The number of hydrogen-bond acceptors (Lipinski definition) is 5. The number of methoxy groups -OCH3 is 3. The summed E-state index contributed by atoms with van der Waals surface area (Å²) in [6.07, 6.45) is 1.67. The smallest absolute Gasteiger partial charge is 0.183 e. The van der Waals surface area contributed by atoms with E-state index in [4.69, 9.17) is 19.9 Å². The minimum absolute atomic E-state index is 0. The van der Waals surface area contributed by atoms with Gasteiger partial charge in [0.1, 0.15) is 0 Å². The quantitative estimate of drug-likeness (QED) is 0.665. The predicted molar refractivity (Wildman–Crippen MR) is 105 cm³/mol. The predicted octanol–water partition coefficient (Wildman–Crippen LogP) is 3.92. The van der Waals surface area contributed by atoms with E-state index in [1.165, 1.54) is 20.3 Å². The van der Waals surface area contributed by atoms with Crippen LogP contribution in [0.4, 0.5) is 10.1 Å². The second-order valence-corrected chi connectivity index (χ2v) is 5.70. The second-order valence-electron chi connectivity index (χ2n) is 5.70. The van der Waals surface area contributed by atoms with Gasteiger partial charge in [-0.3, -0.25) is 0 Å². The molecule has 0 aliphatic carbocycles. The van der Waals surface area contributed by atoms with Gasteiger partial charge < -0.3 is 24.5 Å². The Labute approximate surface area is 163 Å². The van der Waals surface area contributed by atoms with Crippen molar-refractivity contribution in [3.8, 4) is 39.8 Å². The number of nitrogen functional groups attached to an aromatic ring is 1. The van der Waals surface area contributed by atoms with Gasteiger partial charge in [0.15, 0.2) is 23.1 Å². The molecule has 3 aromatic rings. The molecule has 3 rings (SSSR count). The zero-order valence-electron chi connectivity index (χ0n) is 15.4. The molecule has 27 heavy (non-hydrogen) atoms. The van der Waals surface area contributed by atoms with Gasteiger partial charge in [-0.1, -0.05) is 0 Å². The largest absolute Gasteiger partial charge is 0.494 e. The maximum absolute atomic E-state index is 14.2. The van der Waals surface area contributed by atoms with Gasteiger partial charge in [0.05, 0.1) is 44.7 Å². The molecule has 0 unspecified atom stereocenters. The highest BCUT2D eigenvalue weighted by molar-refractivity contribution is 5.85. The summed E-state index contributed by atoms with van der Waals surface area (Å²) in [5.74, 6) is 0.709. The molecular formula is C19H21ClFN3O3. The van der Waals surface area contributed by atoms with Crippen LogP contribution in [0, 0.1) is 5.82 Å². The molecule has 1 aromatic heterocycles. The van der Waals surface area contributed by atoms with Gasteiger partial charge >= 0.3 is 0 Å². The van der Waals surface area contributed by atoms with Crippen molar-refractivity contribution in [3.63, 3.8) is 0 Å². The highest BCUT2D eigenvalue weighted by Gasteiger charge is 2.18. The standard InChI is InChI=1S/C19H20FN3O3.ClH/c1-23-10-22-17(12-8-14(21)19(26-4)16(9-12)25-3)18(23)11-5-6-15(24-2)13(20)7-11;/h5-10H,21H2,1-4H3;1H. The number of imidazole rings is 1. The van der Waals surface area contributed by atoms with Crippen LogP contribution in [-0.4, -0.2) is 30.9 Å². The average Bonchev–Trinajstić information content (AvgIpc) is 3.02. The Balaban J connectivity index is 0.00000261. The molecule has 0 aliphatic heterocycles. The average molecular weight is 394 g/mol. The van der Waals surface area contributed by atoms with Crippen LogP contribution in [0.2, 0.25) is 0 Å². The minimum atomic E-state index is -0.441. The van der Waals surface area contributed by atoms with E-state index in [1.54, 1.807) is 37.7 Å². The Morgan fingerprint density at radius 1 is 0.963 bits per heavy atom. The maximum Gasteiger partial charge on any atom is 0.183 e. The molecule has 1 heterocycles. The summed E-state index contributed by atoms with van der Waals surface area (Å²) in [5, 5.41) is 0. The SMILES string of the molecule is COc1ccc(-c2c(-c3cc(N)c(OC)c(OC)c3)ncn2C)cc1F.Cl. The number of halogens is 2. The fraction of sp³-hybridized carbons (Fsp3) is 0.211. The number of benzene rings is 2. The lowest BCUT2D eigenvalue weighted by Gasteiger charge is -2.13. The van der Waals surface area contributed by atoms with Crippen LogP contribution in [0.1, 0.15) is 0 Å². The van der Waals surface area contributed by atoms with Crippen molar-refractivity contribution in [3.05, 3.63) is 42.5 Å². The number of nitrogens with two attached hydrogens (primary N) is 1. The van der Waals surface area contributed by atoms with Crippen molar-refractivity contribution in [1.82, 2.24) is 9.55 Å². The van der Waals surface area contributed by atoms with Gasteiger partial charge in [-0.05, 0) is 30.3 Å². The van der Waals surface area contributed by atoms with E-state index >= 15 is 0 Å². The molecule has 144 valence electrons. The fourth-order valence-corrected chi connectivity index (χ4v) is 2.93. The first-order valence-electron chi connectivity index (χ1n) is 7.87. The highest BCUT2D eigenvalue weighted by Crippen LogP contribution is 2.40. The van der Waals surface area contributed by atoms with Gasteiger partial charge in [0.2, 0.25) is 0 Å². The van der Waals surface area contributed by atoms with E-state index in [9.17, 15) is 4.39 Å². The van der Waals surface area contributed by atoms with Crippen molar-refractivity contribution >= 4 is 18.1 Å². The Hall–Kier alpha value is -2.93. The van der Waals surface area contributed by atoms with Crippen LogP contribution in [0.25, 0.3) is 22.5 Å². The number of hydrogen-bond donors (Lipinski definition) is 1.